The molecular weight excluding hydrogens is 242 g/mol. The van der Waals surface area contributed by atoms with Gasteiger partial charge in [0, 0.05) is 12.6 Å². The van der Waals surface area contributed by atoms with Crippen molar-refractivity contribution < 1.29 is 9.53 Å². The fourth-order valence-electron chi connectivity index (χ4n) is 1.95. The van der Waals surface area contributed by atoms with Crippen LogP contribution in [0.5, 0.6) is 0 Å². The molecule has 0 saturated carbocycles. The fraction of sp³-hybridized carbons (Fsp3) is 0.571. The monoisotopic (exact) mass is 265 g/mol. The first-order valence-electron chi connectivity index (χ1n) is 6.74. The third kappa shape index (κ3) is 3.59. The lowest BCUT2D eigenvalue weighted by Crippen LogP contribution is -2.34. The zero-order chi connectivity index (χ0) is 14.4. The van der Waals surface area contributed by atoms with E-state index in [4.69, 9.17) is 10.5 Å². The van der Waals surface area contributed by atoms with E-state index in [0.29, 0.717) is 29.7 Å². The highest BCUT2D eigenvalue weighted by atomic mass is 16.5. The molecule has 0 saturated heterocycles. The van der Waals surface area contributed by atoms with Crippen LogP contribution < -0.4 is 10.6 Å². The van der Waals surface area contributed by atoms with Gasteiger partial charge in [-0.1, -0.05) is 6.92 Å². The van der Waals surface area contributed by atoms with Crippen LogP contribution in [0.3, 0.4) is 0 Å². The summed E-state index contributed by atoms with van der Waals surface area (Å²) in [6.07, 6.45) is 2.55. The highest BCUT2D eigenvalue weighted by Gasteiger charge is 2.21. The number of carbonyl (C=O) groups excluding carboxylic acids is 1. The first kappa shape index (κ1) is 15.3. The van der Waals surface area contributed by atoms with Crippen LogP contribution in [0.25, 0.3) is 0 Å². The predicted molar refractivity (Wildman–Crippen MR) is 77.4 cm³/mol. The van der Waals surface area contributed by atoms with Gasteiger partial charge in [-0.05, 0) is 33.3 Å². The third-order valence-electron chi connectivity index (χ3n) is 3.12. The first-order valence-corrected chi connectivity index (χ1v) is 6.74. The lowest BCUT2D eigenvalue weighted by atomic mass is 10.1. The maximum Gasteiger partial charge on any atom is 0.341 e. The largest absolute Gasteiger partial charge is 0.462 e. The molecule has 1 atom stereocenters. The topological polar surface area (TPSA) is 68.5 Å². The van der Waals surface area contributed by atoms with Crippen molar-refractivity contribution in [2.24, 2.45) is 0 Å². The standard InChI is InChI=1S/C14H23N3O2/c1-5-10(4)17(6-2)13-12(14(18)19-7-3)8-11(15)9-16-13/h8-10H,5-7,15H2,1-4H3. The van der Waals surface area contributed by atoms with Crippen molar-refractivity contribution in [3.63, 3.8) is 0 Å². The summed E-state index contributed by atoms with van der Waals surface area (Å²) in [5.41, 5.74) is 6.62. The molecule has 2 N–H and O–H groups in total. The molecule has 1 unspecified atom stereocenters. The van der Waals surface area contributed by atoms with Gasteiger partial charge in [0.15, 0.2) is 0 Å². The van der Waals surface area contributed by atoms with Crippen molar-refractivity contribution >= 4 is 17.5 Å². The van der Waals surface area contributed by atoms with E-state index in [1.807, 2.05) is 6.92 Å². The van der Waals surface area contributed by atoms with Gasteiger partial charge in [-0.15, -0.1) is 0 Å². The van der Waals surface area contributed by atoms with Gasteiger partial charge >= 0.3 is 5.97 Å². The number of hydrogen-bond donors (Lipinski definition) is 1. The Morgan fingerprint density at radius 1 is 1.47 bits per heavy atom. The number of carbonyl (C=O) groups is 1. The summed E-state index contributed by atoms with van der Waals surface area (Å²) in [4.78, 5) is 18.4. The molecular formula is C14H23N3O2. The van der Waals surface area contributed by atoms with Gasteiger partial charge in [0.2, 0.25) is 0 Å². The lowest BCUT2D eigenvalue weighted by Gasteiger charge is -2.29. The normalized spacial score (nSPS) is 12.0. The van der Waals surface area contributed by atoms with Crippen LogP contribution in [-0.2, 0) is 4.74 Å². The lowest BCUT2D eigenvalue weighted by molar-refractivity contribution is 0.0526. The van der Waals surface area contributed by atoms with Gasteiger partial charge in [0.1, 0.15) is 11.4 Å². The van der Waals surface area contributed by atoms with Crippen LogP contribution >= 0.6 is 0 Å². The van der Waals surface area contributed by atoms with E-state index >= 15 is 0 Å². The quantitative estimate of drug-likeness (QED) is 0.800. The van der Waals surface area contributed by atoms with Crippen LogP contribution in [0.1, 0.15) is 44.5 Å². The molecule has 1 rings (SSSR count). The van der Waals surface area contributed by atoms with Crippen LogP contribution in [-0.4, -0.2) is 30.1 Å². The average Bonchev–Trinajstić information content (AvgIpc) is 2.41. The number of ether oxygens (including phenoxy) is 1. The van der Waals surface area contributed by atoms with E-state index in [2.05, 4.69) is 23.7 Å². The van der Waals surface area contributed by atoms with Gasteiger partial charge in [-0.2, -0.15) is 0 Å². The Bertz CT molecular complexity index is 435. The minimum atomic E-state index is -0.376. The Hall–Kier alpha value is -1.78. The molecule has 0 spiro atoms. The molecule has 0 aliphatic rings. The minimum Gasteiger partial charge on any atom is -0.462 e. The van der Waals surface area contributed by atoms with Crippen LogP contribution in [0.4, 0.5) is 11.5 Å². The van der Waals surface area contributed by atoms with Crippen molar-refractivity contribution in [2.75, 3.05) is 23.8 Å². The number of esters is 1. The molecule has 5 heteroatoms. The van der Waals surface area contributed by atoms with E-state index in [9.17, 15) is 4.79 Å². The van der Waals surface area contributed by atoms with Crippen molar-refractivity contribution in [3.05, 3.63) is 17.8 Å². The van der Waals surface area contributed by atoms with Gasteiger partial charge in [0.05, 0.1) is 18.5 Å². The Morgan fingerprint density at radius 3 is 2.68 bits per heavy atom. The smallest absolute Gasteiger partial charge is 0.341 e. The zero-order valence-electron chi connectivity index (χ0n) is 12.1. The summed E-state index contributed by atoms with van der Waals surface area (Å²) in [6, 6.07) is 1.93. The SMILES string of the molecule is CCOC(=O)c1cc(N)cnc1N(CC)C(C)CC. The molecule has 0 amide bonds. The molecule has 1 heterocycles. The molecule has 5 nitrogen and oxygen atoms in total. The zero-order valence-corrected chi connectivity index (χ0v) is 12.1. The Balaban J connectivity index is 3.21. The molecule has 0 aliphatic heterocycles. The Kier molecular flexibility index (Phi) is 5.60. The van der Waals surface area contributed by atoms with E-state index in [1.54, 1.807) is 19.2 Å². The second kappa shape index (κ2) is 6.97. The van der Waals surface area contributed by atoms with Crippen molar-refractivity contribution in [1.82, 2.24) is 4.98 Å². The van der Waals surface area contributed by atoms with Gasteiger partial charge < -0.3 is 15.4 Å². The van der Waals surface area contributed by atoms with E-state index in [-0.39, 0.29) is 5.97 Å². The second-order valence-electron chi connectivity index (χ2n) is 4.40. The summed E-state index contributed by atoms with van der Waals surface area (Å²) < 4.78 is 5.07. The number of aromatic nitrogens is 1. The predicted octanol–water partition coefficient (Wildman–Crippen LogP) is 2.47. The summed E-state index contributed by atoms with van der Waals surface area (Å²) in [6.45, 7) is 9.15. The molecule has 0 radical (unpaired) electrons. The second-order valence-corrected chi connectivity index (χ2v) is 4.40. The maximum atomic E-state index is 12.0. The first-order chi connectivity index (χ1) is 9.04. The minimum absolute atomic E-state index is 0.300. The molecule has 0 aromatic carbocycles. The Morgan fingerprint density at radius 2 is 2.16 bits per heavy atom. The highest BCUT2D eigenvalue weighted by Crippen LogP contribution is 2.23. The highest BCUT2D eigenvalue weighted by molar-refractivity contribution is 5.95. The molecule has 19 heavy (non-hydrogen) atoms. The average molecular weight is 265 g/mol. The number of anilines is 2. The number of hydrogen-bond acceptors (Lipinski definition) is 5. The van der Waals surface area contributed by atoms with Crippen molar-refractivity contribution in [1.29, 1.82) is 0 Å². The summed E-state index contributed by atoms with van der Waals surface area (Å²) in [5, 5.41) is 0. The molecule has 1 aromatic rings. The van der Waals surface area contributed by atoms with Gasteiger partial charge in [-0.25, -0.2) is 9.78 Å². The van der Waals surface area contributed by atoms with Gasteiger partial charge in [0.25, 0.3) is 0 Å². The molecule has 0 aliphatic carbocycles. The summed E-state index contributed by atoms with van der Waals surface area (Å²) in [7, 11) is 0. The van der Waals surface area contributed by atoms with E-state index < -0.39 is 0 Å². The van der Waals surface area contributed by atoms with Crippen molar-refractivity contribution in [3.8, 4) is 0 Å². The number of nitrogens with two attached hydrogens (primary N) is 1. The van der Waals surface area contributed by atoms with E-state index in [1.165, 1.54) is 0 Å². The number of nitrogen functional groups attached to an aromatic ring is 1. The maximum absolute atomic E-state index is 12.0. The van der Waals surface area contributed by atoms with Crippen LogP contribution in [0.15, 0.2) is 12.3 Å². The number of nitrogens with zero attached hydrogens (tertiary/aromatic N) is 2. The van der Waals surface area contributed by atoms with Crippen molar-refractivity contribution in [2.45, 2.75) is 40.2 Å². The number of rotatable bonds is 6. The fourth-order valence-corrected chi connectivity index (χ4v) is 1.95. The molecule has 1 aromatic heterocycles. The summed E-state index contributed by atoms with van der Waals surface area (Å²) in [5.74, 6) is 0.267. The molecule has 0 bridgehead atoms. The molecule has 106 valence electrons. The molecule has 0 fully saturated rings. The number of pyridine rings is 1. The third-order valence-corrected chi connectivity index (χ3v) is 3.12. The van der Waals surface area contributed by atoms with Crippen LogP contribution in [0.2, 0.25) is 0 Å². The van der Waals surface area contributed by atoms with Crippen LogP contribution in [0, 0.1) is 0 Å². The van der Waals surface area contributed by atoms with Gasteiger partial charge in [-0.3, -0.25) is 0 Å². The Labute approximate surface area is 114 Å². The van der Waals surface area contributed by atoms with E-state index in [0.717, 1.165) is 13.0 Å². The summed E-state index contributed by atoms with van der Waals surface area (Å²) >= 11 is 0.